The van der Waals surface area contributed by atoms with Crippen LogP contribution in [-0.2, 0) is 10.0 Å². The number of rotatable bonds is 5. The van der Waals surface area contributed by atoms with Crippen molar-refractivity contribution in [2.75, 3.05) is 7.11 Å². The van der Waals surface area contributed by atoms with E-state index in [0.717, 1.165) is 5.39 Å². The van der Waals surface area contributed by atoms with E-state index in [0.29, 0.717) is 34.4 Å². The molecule has 0 aliphatic heterocycles. The number of carbonyl (C=O) groups is 1. The van der Waals surface area contributed by atoms with Crippen molar-refractivity contribution in [3.63, 3.8) is 0 Å². The third-order valence-corrected chi connectivity index (χ3v) is 6.35. The lowest BCUT2D eigenvalue weighted by Crippen LogP contribution is -2.14. The van der Waals surface area contributed by atoms with Gasteiger partial charge in [0.05, 0.1) is 28.8 Å². The fourth-order valence-corrected chi connectivity index (χ4v) is 4.89. The minimum atomic E-state index is -3.91. The number of aldehydes is 1. The Morgan fingerprint density at radius 1 is 0.893 bits per heavy atom. The first kappa shape index (κ1) is 18.0. The molecule has 0 spiro atoms. The molecular formula is C22H17NO4S. The van der Waals surface area contributed by atoms with Crippen LogP contribution >= 0.6 is 0 Å². The maximum atomic E-state index is 13.5. The Labute approximate surface area is 162 Å². The summed E-state index contributed by atoms with van der Waals surface area (Å²) in [6.07, 6.45) is 0.703. The minimum absolute atomic E-state index is 0.167. The first-order valence-electron chi connectivity index (χ1n) is 8.61. The molecule has 1 aromatic heterocycles. The highest BCUT2D eigenvalue weighted by Gasteiger charge is 2.26. The normalized spacial score (nSPS) is 11.5. The summed E-state index contributed by atoms with van der Waals surface area (Å²) in [4.78, 5) is 11.9. The number of carbonyl (C=O) groups excluding carboxylic acids is 1. The summed E-state index contributed by atoms with van der Waals surface area (Å²) >= 11 is 0. The second-order valence-electron chi connectivity index (χ2n) is 6.21. The SMILES string of the molecule is COc1cccc(C=O)c1-c1cc2ccccc2n1S(=O)(=O)c1ccccc1. The Balaban J connectivity index is 2.14. The standard InChI is InChI=1S/C22H17NO4S/c1-27-21-13-7-9-17(15-24)22(21)20-14-16-8-5-6-12-19(16)23(20)28(25,26)18-10-3-2-4-11-18/h2-15H,1H3. The van der Waals surface area contributed by atoms with Crippen molar-refractivity contribution in [1.29, 1.82) is 0 Å². The van der Waals surface area contributed by atoms with Crippen LogP contribution in [0.25, 0.3) is 22.2 Å². The summed E-state index contributed by atoms with van der Waals surface area (Å²) in [5, 5.41) is 0.750. The summed E-state index contributed by atoms with van der Waals surface area (Å²) in [6, 6.07) is 22.2. The molecule has 1 heterocycles. The van der Waals surface area contributed by atoms with E-state index in [1.807, 2.05) is 12.1 Å². The van der Waals surface area contributed by atoms with Gasteiger partial charge in [-0.2, -0.15) is 0 Å². The summed E-state index contributed by atoms with van der Waals surface area (Å²) in [5.74, 6) is 0.428. The highest BCUT2D eigenvalue weighted by atomic mass is 32.2. The van der Waals surface area contributed by atoms with Crippen LogP contribution in [0.1, 0.15) is 10.4 Å². The fraction of sp³-hybridized carbons (Fsp3) is 0.0455. The molecule has 0 radical (unpaired) electrons. The molecule has 4 rings (SSSR count). The number of methoxy groups -OCH3 is 1. The Bertz CT molecular complexity index is 1270. The number of ether oxygens (including phenoxy) is 1. The molecule has 0 unspecified atom stereocenters. The molecule has 0 N–H and O–H groups in total. The summed E-state index contributed by atoms with van der Waals surface area (Å²) in [6.45, 7) is 0. The summed E-state index contributed by atoms with van der Waals surface area (Å²) in [7, 11) is -2.41. The van der Waals surface area contributed by atoms with Gasteiger partial charge in [0.25, 0.3) is 10.0 Å². The fourth-order valence-electron chi connectivity index (χ4n) is 3.35. The quantitative estimate of drug-likeness (QED) is 0.474. The molecule has 28 heavy (non-hydrogen) atoms. The zero-order chi connectivity index (χ0) is 19.7. The van der Waals surface area contributed by atoms with Crippen molar-refractivity contribution in [3.05, 3.63) is 84.4 Å². The summed E-state index contributed by atoms with van der Waals surface area (Å²) < 4.78 is 33.8. The van der Waals surface area contributed by atoms with Gasteiger partial charge in [-0.15, -0.1) is 0 Å². The largest absolute Gasteiger partial charge is 0.496 e. The molecule has 6 heteroatoms. The van der Waals surface area contributed by atoms with Crippen molar-refractivity contribution in [2.45, 2.75) is 4.90 Å². The smallest absolute Gasteiger partial charge is 0.268 e. The van der Waals surface area contributed by atoms with Crippen molar-refractivity contribution >= 4 is 27.2 Å². The Morgan fingerprint density at radius 3 is 2.32 bits per heavy atom. The highest BCUT2D eigenvalue weighted by Crippen LogP contribution is 2.38. The molecule has 0 bridgehead atoms. The van der Waals surface area contributed by atoms with Crippen LogP contribution in [0.15, 0.2) is 83.8 Å². The number of hydrogen-bond donors (Lipinski definition) is 0. The molecule has 5 nitrogen and oxygen atoms in total. The monoisotopic (exact) mass is 391 g/mol. The number of hydrogen-bond acceptors (Lipinski definition) is 4. The minimum Gasteiger partial charge on any atom is -0.496 e. The second-order valence-corrected chi connectivity index (χ2v) is 8.00. The molecule has 0 atom stereocenters. The van der Waals surface area contributed by atoms with E-state index < -0.39 is 10.0 Å². The predicted octanol–water partition coefficient (Wildman–Crippen LogP) is 4.37. The first-order valence-corrected chi connectivity index (χ1v) is 10.1. The van der Waals surface area contributed by atoms with E-state index in [1.54, 1.807) is 66.7 Å². The van der Waals surface area contributed by atoms with Crippen LogP contribution in [0, 0.1) is 0 Å². The van der Waals surface area contributed by atoms with E-state index in [1.165, 1.54) is 11.1 Å². The number of nitrogens with zero attached hydrogens (tertiary/aromatic N) is 1. The van der Waals surface area contributed by atoms with Crippen LogP contribution in [0.3, 0.4) is 0 Å². The van der Waals surface area contributed by atoms with Gasteiger partial charge >= 0.3 is 0 Å². The Kier molecular flexibility index (Phi) is 4.49. The molecular weight excluding hydrogens is 374 g/mol. The third-order valence-electron chi connectivity index (χ3n) is 4.61. The van der Waals surface area contributed by atoms with Crippen molar-refractivity contribution in [1.82, 2.24) is 3.97 Å². The summed E-state index contributed by atoms with van der Waals surface area (Å²) in [5.41, 5.74) is 1.70. The van der Waals surface area contributed by atoms with Crippen LogP contribution in [0.4, 0.5) is 0 Å². The van der Waals surface area contributed by atoms with E-state index >= 15 is 0 Å². The topological polar surface area (TPSA) is 65.4 Å². The molecule has 0 aliphatic carbocycles. The van der Waals surface area contributed by atoms with Gasteiger partial charge in [-0.25, -0.2) is 12.4 Å². The molecule has 0 saturated carbocycles. The van der Waals surface area contributed by atoms with Crippen LogP contribution < -0.4 is 4.74 Å². The zero-order valence-corrected chi connectivity index (χ0v) is 15.9. The third kappa shape index (κ3) is 2.78. The maximum absolute atomic E-state index is 13.5. The van der Waals surface area contributed by atoms with E-state index in [9.17, 15) is 13.2 Å². The van der Waals surface area contributed by atoms with E-state index in [2.05, 4.69) is 0 Å². The number of aromatic nitrogens is 1. The van der Waals surface area contributed by atoms with E-state index in [-0.39, 0.29) is 4.90 Å². The molecule has 0 fully saturated rings. The zero-order valence-electron chi connectivity index (χ0n) is 15.1. The lowest BCUT2D eigenvalue weighted by Gasteiger charge is -2.15. The molecule has 4 aromatic rings. The predicted molar refractivity (Wildman–Crippen MR) is 108 cm³/mol. The van der Waals surface area contributed by atoms with Crippen molar-refractivity contribution in [3.8, 4) is 17.0 Å². The average Bonchev–Trinajstić information content (AvgIpc) is 3.13. The molecule has 0 amide bonds. The number of fused-ring (bicyclic) bond motifs is 1. The average molecular weight is 391 g/mol. The van der Waals surface area contributed by atoms with Gasteiger partial charge < -0.3 is 4.74 Å². The number of para-hydroxylation sites is 1. The van der Waals surface area contributed by atoms with Gasteiger partial charge in [-0.3, -0.25) is 4.79 Å². The van der Waals surface area contributed by atoms with Gasteiger partial charge in [-0.05, 0) is 30.3 Å². The van der Waals surface area contributed by atoms with Crippen LogP contribution in [0.2, 0.25) is 0 Å². The molecule has 0 aliphatic rings. The lowest BCUT2D eigenvalue weighted by atomic mass is 10.0. The maximum Gasteiger partial charge on any atom is 0.268 e. The molecule has 140 valence electrons. The van der Waals surface area contributed by atoms with Crippen molar-refractivity contribution < 1.29 is 17.9 Å². The second kappa shape index (κ2) is 6.98. The van der Waals surface area contributed by atoms with Gasteiger partial charge in [0.15, 0.2) is 6.29 Å². The molecule has 3 aromatic carbocycles. The Morgan fingerprint density at radius 2 is 1.61 bits per heavy atom. The molecule has 0 saturated heterocycles. The highest BCUT2D eigenvalue weighted by molar-refractivity contribution is 7.90. The van der Waals surface area contributed by atoms with Crippen LogP contribution in [-0.4, -0.2) is 25.8 Å². The van der Waals surface area contributed by atoms with Crippen molar-refractivity contribution in [2.24, 2.45) is 0 Å². The lowest BCUT2D eigenvalue weighted by molar-refractivity contribution is 0.112. The van der Waals surface area contributed by atoms with Crippen LogP contribution in [0.5, 0.6) is 5.75 Å². The van der Waals surface area contributed by atoms with E-state index in [4.69, 9.17) is 4.74 Å². The van der Waals surface area contributed by atoms with Gasteiger partial charge in [-0.1, -0.05) is 48.5 Å². The Hall–Kier alpha value is -3.38. The first-order chi connectivity index (χ1) is 13.6. The van der Waals surface area contributed by atoms with Gasteiger partial charge in [0.1, 0.15) is 5.75 Å². The van der Waals surface area contributed by atoms with Gasteiger partial charge in [0.2, 0.25) is 0 Å². The van der Waals surface area contributed by atoms with Gasteiger partial charge in [0, 0.05) is 10.9 Å². The number of benzene rings is 3.